The Hall–Kier alpha value is -1.84. The second-order valence-corrected chi connectivity index (χ2v) is 4.23. The zero-order chi connectivity index (χ0) is 12.3. The van der Waals surface area contributed by atoms with E-state index in [1.165, 1.54) is 0 Å². The van der Waals surface area contributed by atoms with Crippen LogP contribution in [-0.4, -0.2) is 48.3 Å². The summed E-state index contributed by atoms with van der Waals surface area (Å²) in [6, 6.07) is 9.21. The highest BCUT2D eigenvalue weighted by atomic mass is 16.2. The van der Waals surface area contributed by atoms with Crippen molar-refractivity contribution in [2.75, 3.05) is 26.7 Å². The summed E-state index contributed by atoms with van der Waals surface area (Å²) >= 11 is 0. The number of amides is 2. The lowest BCUT2D eigenvalue weighted by atomic mass is 10.1. The minimum absolute atomic E-state index is 0.0193. The van der Waals surface area contributed by atoms with Gasteiger partial charge in [-0.2, -0.15) is 0 Å². The first kappa shape index (κ1) is 11.6. The molecule has 2 rings (SSSR count). The highest BCUT2D eigenvalue weighted by Gasteiger charge is 2.25. The van der Waals surface area contributed by atoms with E-state index >= 15 is 0 Å². The first-order valence-electron chi connectivity index (χ1n) is 5.77. The highest BCUT2D eigenvalue weighted by molar-refractivity contribution is 5.96. The van der Waals surface area contributed by atoms with Crippen molar-refractivity contribution in [2.24, 2.45) is 0 Å². The van der Waals surface area contributed by atoms with Gasteiger partial charge in [0.2, 0.25) is 0 Å². The Labute approximate surface area is 101 Å². The molecule has 1 aliphatic heterocycles. The van der Waals surface area contributed by atoms with Gasteiger partial charge in [-0.05, 0) is 0 Å². The number of nitrogens with zero attached hydrogens (tertiary/aromatic N) is 2. The predicted molar refractivity (Wildman–Crippen MR) is 65.0 cm³/mol. The quantitative estimate of drug-likeness (QED) is 0.740. The van der Waals surface area contributed by atoms with Crippen LogP contribution in [-0.2, 0) is 0 Å². The topological polar surface area (TPSA) is 40.6 Å². The van der Waals surface area contributed by atoms with Gasteiger partial charge in [0.15, 0.2) is 5.78 Å². The van der Waals surface area contributed by atoms with Crippen molar-refractivity contribution < 1.29 is 9.59 Å². The van der Waals surface area contributed by atoms with E-state index in [2.05, 4.69) is 0 Å². The minimum Gasteiger partial charge on any atom is -0.326 e. The van der Waals surface area contributed by atoms with Crippen LogP contribution in [0.2, 0.25) is 0 Å². The van der Waals surface area contributed by atoms with E-state index < -0.39 is 0 Å². The van der Waals surface area contributed by atoms with Crippen LogP contribution in [0.25, 0.3) is 0 Å². The van der Waals surface area contributed by atoms with Gasteiger partial charge in [-0.15, -0.1) is 0 Å². The number of ketones is 1. The molecule has 0 N–H and O–H groups in total. The van der Waals surface area contributed by atoms with Gasteiger partial charge in [0.05, 0.1) is 0 Å². The molecule has 0 saturated carbocycles. The number of carbonyl (C=O) groups is 2. The number of likely N-dealkylation sites (N-methyl/N-ethyl adjacent to an activating group) is 1. The lowest BCUT2D eigenvalue weighted by molar-refractivity contribution is 0.0972. The lowest BCUT2D eigenvalue weighted by Gasteiger charge is -2.15. The molecular weight excluding hydrogens is 216 g/mol. The number of rotatable bonds is 4. The molecule has 1 heterocycles. The van der Waals surface area contributed by atoms with Crippen molar-refractivity contribution in [1.82, 2.24) is 9.80 Å². The summed E-state index contributed by atoms with van der Waals surface area (Å²) in [5.74, 6) is 0.0907. The van der Waals surface area contributed by atoms with Gasteiger partial charge in [-0.1, -0.05) is 30.3 Å². The number of hydrogen-bond acceptors (Lipinski definition) is 2. The summed E-state index contributed by atoms with van der Waals surface area (Å²) in [6.07, 6.45) is 0.392. The SMILES string of the molecule is CN1CCN(CCC(=O)c2ccccc2)C1=O. The molecule has 0 atom stereocenters. The number of Topliss-reactive ketones (excluding diaryl/α,β-unsaturated/α-hetero) is 1. The van der Waals surface area contributed by atoms with Crippen LogP contribution >= 0.6 is 0 Å². The Morgan fingerprint density at radius 2 is 1.94 bits per heavy atom. The van der Waals surface area contributed by atoms with Crippen molar-refractivity contribution in [1.29, 1.82) is 0 Å². The van der Waals surface area contributed by atoms with Crippen LogP contribution in [0.15, 0.2) is 30.3 Å². The molecule has 4 heteroatoms. The molecule has 1 aromatic carbocycles. The highest BCUT2D eigenvalue weighted by Crippen LogP contribution is 2.09. The maximum Gasteiger partial charge on any atom is 0.319 e. The number of hydrogen-bond donors (Lipinski definition) is 0. The van der Waals surface area contributed by atoms with E-state index in [1.54, 1.807) is 29.0 Å². The van der Waals surface area contributed by atoms with Crippen molar-refractivity contribution in [2.45, 2.75) is 6.42 Å². The van der Waals surface area contributed by atoms with Crippen LogP contribution in [0.1, 0.15) is 16.8 Å². The van der Waals surface area contributed by atoms with Gasteiger partial charge in [0.25, 0.3) is 0 Å². The standard InChI is InChI=1S/C13H16N2O2/c1-14-9-10-15(13(14)17)8-7-12(16)11-5-3-2-4-6-11/h2-6H,7-10H2,1H3. The monoisotopic (exact) mass is 232 g/mol. The van der Waals surface area contributed by atoms with Crippen molar-refractivity contribution in [3.63, 3.8) is 0 Å². The predicted octanol–water partition coefficient (Wildman–Crippen LogP) is 1.63. The fourth-order valence-electron chi connectivity index (χ4n) is 1.92. The molecule has 0 unspecified atom stereocenters. The number of urea groups is 1. The molecule has 1 aliphatic rings. The molecular formula is C13H16N2O2. The molecule has 0 spiro atoms. The van der Waals surface area contributed by atoms with E-state index in [0.717, 1.165) is 13.1 Å². The molecule has 1 fully saturated rings. The summed E-state index contributed by atoms with van der Waals surface area (Å²) in [5.41, 5.74) is 0.715. The van der Waals surface area contributed by atoms with Gasteiger partial charge in [-0.25, -0.2) is 4.79 Å². The molecule has 0 radical (unpaired) electrons. The summed E-state index contributed by atoms with van der Waals surface area (Å²) in [6.45, 7) is 1.98. The molecule has 1 aromatic rings. The van der Waals surface area contributed by atoms with Crippen molar-refractivity contribution in [3.05, 3.63) is 35.9 Å². The zero-order valence-corrected chi connectivity index (χ0v) is 9.93. The molecule has 90 valence electrons. The average Bonchev–Trinajstić information content (AvgIpc) is 2.68. The molecule has 2 amide bonds. The Bertz CT molecular complexity index is 417. The van der Waals surface area contributed by atoms with E-state index in [4.69, 9.17) is 0 Å². The van der Waals surface area contributed by atoms with Gasteiger partial charge >= 0.3 is 6.03 Å². The van der Waals surface area contributed by atoms with Crippen LogP contribution in [0.4, 0.5) is 4.79 Å². The second kappa shape index (κ2) is 4.99. The molecule has 17 heavy (non-hydrogen) atoms. The van der Waals surface area contributed by atoms with Crippen LogP contribution < -0.4 is 0 Å². The minimum atomic E-state index is 0.0193. The third-order valence-electron chi connectivity index (χ3n) is 3.01. The molecule has 4 nitrogen and oxygen atoms in total. The van der Waals surface area contributed by atoms with Gasteiger partial charge in [-0.3, -0.25) is 4.79 Å². The average molecular weight is 232 g/mol. The van der Waals surface area contributed by atoms with Gasteiger partial charge in [0.1, 0.15) is 0 Å². The second-order valence-electron chi connectivity index (χ2n) is 4.23. The normalized spacial score (nSPS) is 15.5. The third kappa shape index (κ3) is 2.64. The Morgan fingerprint density at radius 1 is 1.24 bits per heavy atom. The summed E-state index contributed by atoms with van der Waals surface area (Å²) in [7, 11) is 1.78. The van der Waals surface area contributed by atoms with Crippen LogP contribution in [0.5, 0.6) is 0 Å². The lowest BCUT2D eigenvalue weighted by Crippen LogP contribution is -2.31. The Balaban J connectivity index is 1.87. The molecule has 1 saturated heterocycles. The Morgan fingerprint density at radius 3 is 2.53 bits per heavy atom. The summed E-state index contributed by atoms with van der Waals surface area (Å²) in [5, 5.41) is 0. The third-order valence-corrected chi connectivity index (χ3v) is 3.01. The Kier molecular flexibility index (Phi) is 3.42. The van der Waals surface area contributed by atoms with E-state index in [1.807, 2.05) is 18.2 Å². The van der Waals surface area contributed by atoms with E-state index in [9.17, 15) is 9.59 Å². The maximum absolute atomic E-state index is 11.8. The smallest absolute Gasteiger partial charge is 0.319 e. The maximum atomic E-state index is 11.8. The fourth-order valence-corrected chi connectivity index (χ4v) is 1.92. The largest absolute Gasteiger partial charge is 0.326 e. The molecule has 0 aliphatic carbocycles. The zero-order valence-electron chi connectivity index (χ0n) is 9.93. The first-order chi connectivity index (χ1) is 8.18. The van der Waals surface area contributed by atoms with E-state index in [-0.39, 0.29) is 11.8 Å². The number of benzene rings is 1. The van der Waals surface area contributed by atoms with Gasteiger partial charge < -0.3 is 9.80 Å². The van der Waals surface area contributed by atoms with Crippen molar-refractivity contribution in [3.8, 4) is 0 Å². The molecule has 0 aromatic heterocycles. The van der Waals surface area contributed by atoms with Gasteiger partial charge in [0, 0.05) is 38.7 Å². The first-order valence-corrected chi connectivity index (χ1v) is 5.77. The van der Waals surface area contributed by atoms with E-state index in [0.29, 0.717) is 18.5 Å². The molecule has 0 bridgehead atoms. The number of carbonyl (C=O) groups excluding carboxylic acids is 2. The van der Waals surface area contributed by atoms with Crippen LogP contribution in [0, 0.1) is 0 Å². The van der Waals surface area contributed by atoms with Crippen molar-refractivity contribution >= 4 is 11.8 Å². The summed E-state index contributed by atoms with van der Waals surface area (Å²) in [4.78, 5) is 26.8. The van der Waals surface area contributed by atoms with Crippen LogP contribution in [0.3, 0.4) is 0 Å². The fraction of sp³-hybridized carbons (Fsp3) is 0.385. The summed E-state index contributed by atoms with van der Waals surface area (Å²) < 4.78 is 0.